The molecule has 1 aromatic rings. The van der Waals surface area contributed by atoms with E-state index in [-0.39, 0.29) is 5.97 Å². The monoisotopic (exact) mass is 224 g/mol. The van der Waals surface area contributed by atoms with Crippen molar-refractivity contribution >= 4 is 5.97 Å². The van der Waals surface area contributed by atoms with E-state index in [4.69, 9.17) is 4.74 Å². The molecule has 1 rings (SSSR count). The van der Waals surface area contributed by atoms with Crippen molar-refractivity contribution in [2.75, 3.05) is 0 Å². The molecule has 0 fully saturated rings. The van der Waals surface area contributed by atoms with Gasteiger partial charge in [0.25, 0.3) is 0 Å². The molecule has 0 aliphatic rings. The van der Waals surface area contributed by atoms with Gasteiger partial charge in [-0.15, -0.1) is 0 Å². The van der Waals surface area contributed by atoms with Crippen molar-refractivity contribution < 1.29 is 9.53 Å². The third-order valence-electron chi connectivity index (χ3n) is 1.35. The summed E-state index contributed by atoms with van der Waals surface area (Å²) in [7, 11) is 0. The fourth-order valence-electron chi connectivity index (χ4n) is 0.826. The van der Waals surface area contributed by atoms with Gasteiger partial charge in [0.05, 0.1) is 0 Å². The van der Waals surface area contributed by atoms with Crippen LogP contribution in [0, 0.1) is 6.92 Å². The number of esters is 1. The van der Waals surface area contributed by atoms with Crippen molar-refractivity contribution in [2.45, 2.75) is 48.0 Å². The Hall–Kier alpha value is -1.31. The Balaban J connectivity index is 0. The van der Waals surface area contributed by atoms with Crippen LogP contribution in [0.1, 0.15) is 46.6 Å². The number of carbonyl (C=O) groups excluding carboxylic acids is 1. The number of carbonyl (C=O) groups is 1. The van der Waals surface area contributed by atoms with Crippen molar-refractivity contribution in [1.29, 1.82) is 0 Å². The Bertz CT molecular complexity index is 280. The van der Waals surface area contributed by atoms with Crippen molar-refractivity contribution in [1.82, 2.24) is 0 Å². The van der Waals surface area contributed by atoms with Gasteiger partial charge >= 0.3 is 5.97 Å². The highest BCUT2D eigenvalue weighted by Crippen LogP contribution is 2.15. The van der Waals surface area contributed by atoms with Gasteiger partial charge < -0.3 is 4.74 Å². The smallest absolute Gasteiger partial charge is 0.308 e. The summed E-state index contributed by atoms with van der Waals surface area (Å²) >= 11 is 0. The number of hydrogen-bond acceptors (Lipinski definition) is 2. The molecule has 0 aromatic heterocycles. The quantitative estimate of drug-likeness (QED) is 0.523. The summed E-state index contributed by atoms with van der Waals surface area (Å²) in [6, 6.07) is 7.42. The van der Waals surface area contributed by atoms with E-state index in [0.29, 0.717) is 5.75 Å². The first-order valence-electron chi connectivity index (χ1n) is 5.85. The molecule has 0 heterocycles. The standard InChI is InChI=1S/C9H10O2.C3H8.C2H6/c1-7-5-3-4-6-9(7)11-8(2)10;1-3-2;1-2/h3-6H,1-2H3;3H2,1-2H3;1-2H3. The van der Waals surface area contributed by atoms with Gasteiger partial charge in [-0.1, -0.05) is 52.3 Å². The third kappa shape index (κ3) is 9.25. The van der Waals surface area contributed by atoms with E-state index >= 15 is 0 Å². The molecular formula is C14H24O2. The van der Waals surface area contributed by atoms with E-state index in [1.165, 1.54) is 13.3 Å². The van der Waals surface area contributed by atoms with E-state index in [9.17, 15) is 4.79 Å². The topological polar surface area (TPSA) is 26.3 Å². The maximum Gasteiger partial charge on any atom is 0.308 e. The van der Waals surface area contributed by atoms with Gasteiger partial charge in [0, 0.05) is 6.92 Å². The molecule has 0 aliphatic carbocycles. The van der Waals surface area contributed by atoms with E-state index in [2.05, 4.69) is 13.8 Å². The molecule has 16 heavy (non-hydrogen) atoms. The van der Waals surface area contributed by atoms with Gasteiger partial charge in [-0.25, -0.2) is 0 Å². The van der Waals surface area contributed by atoms with E-state index in [1.807, 2.05) is 39.0 Å². The van der Waals surface area contributed by atoms with Crippen LogP contribution in [-0.4, -0.2) is 5.97 Å². The van der Waals surface area contributed by atoms with Gasteiger partial charge in [-0.2, -0.15) is 0 Å². The molecule has 0 bridgehead atoms. The maximum atomic E-state index is 10.5. The lowest BCUT2D eigenvalue weighted by Gasteiger charge is -2.02. The van der Waals surface area contributed by atoms with Crippen LogP contribution >= 0.6 is 0 Å². The lowest BCUT2D eigenvalue weighted by molar-refractivity contribution is -0.131. The molecular weight excluding hydrogens is 200 g/mol. The Labute approximate surface area is 99.6 Å². The van der Waals surface area contributed by atoms with Crippen LogP contribution in [0.3, 0.4) is 0 Å². The summed E-state index contributed by atoms with van der Waals surface area (Å²) in [4.78, 5) is 10.5. The van der Waals surface area contributed by atoms with Gasteiger partial charge in [0.15, 0.2) is 0 Å². The minimum absolute atomic E-state index is 0.278. The summed E-state index contributed by atoms with van der Waals surface area (Å²) in [5, 5.41) is 0. The van der Waals surface area contributed by atoms with Crippen molar-refractivity contribution in [3.8, 4) is 5.75 Å². The Kier molecular flexibility index (Phi) is 12.6. The normalized spacial score (nSPS) is 7.88. The lowest BCUT2D eigenvalue weighted by atomic mass is 10.2. The highest BCUT2D eigenvalue weighted by molar-refractivity contribution is 5.69. The molecule has 0 atom stereocenters. The maximum absolute atomic E-state index is 10.5. The van der Waals surface area contributed by atoms with Crippen LogP contribution in [0.2, 0.25) is 0 Å². The average molecular weight is 224 g/mol. The zero-order valence-electron chi connectivity index (χ0n) is 11.3. The van der Waals surface area contributed by atoms with Crippen LogP contribution in [0.5, 0.6) is 5.75 Å². The SMILES string of the molecule is CC.CC(=O)Oc1ccccc1C.CCC. The van der Waals surface area contributed by atoms with Crippen LogP contribution in [0.4, 0.5) is 0 Å². The fourth-order valence-corrected chi connectivity index (χ4v) is 0.826. The summed E-state index contributed by atoms with van der Waals surface area (Å²) in [5.74, 6) is 0.360. The molecule has 2 heteroatoms. The molecule has 0 aliphatic heterocycles. The second-order valence-electron chi connectivity index (χ2n) is 3.07. The van der Waals surface area contributed by atoms with Gasteiger partial charge in [0.2, 0.25) is 0 Å². The zero-order valence-corrected chi connectivity index (χ0v) is 11.3. The predicted molar refractivity (Wildman–Crippen MR) is 69.8 cm³/mol. The summed E-state index contributed by atoms with van der Waals surface area (Å²) < 4.78 is 4.91. The number of benzene rings is 1. The minimum atomic E-state index is -0.278. The molecule has 0 saturated heterocycles. The highest BCUT2D eigenvalue weighted by Gasteiger charge is 1.99. The molecule has 0 N–H and O–H groups in total. The average Bonchev–Trinajstić information content (AvgIpc) is 2.25. The fraction of sp³-hybridized carbons (Fsp3) is 0.500. The predicted octanol–water partition coefficient (Wildman–Crippen LogP) is 4.36. The molecule has 0 spiro atoms. The second kappa shape index (κ2) is 11.8. The molecule has 92 valence electrons. The number of para-hydroxylation sites is 1. The molecule has 0 amide bonds. The summed E-state index contributed by atoms with van der Waals surface area (Å²) in [6.45, 7) is 11.5. The Morgan fingerprint density at radius 3 is 2.00 bits per heavy atom. The highest BCUT2D eigenvalue weighted by atomic mass is 16.5. The van der Waals surface area contributed by atoms with E-state index in [1.54, 1.807) is 6.07 Å². The first-order chi connectivity index (χ1) is 7.61. The summed E-state index contributed by atoms with van der Waals surface area (Å²) in [6.07, 6.45) is 1.25. The third-order valence-corrected chi connectivity index (χ3v) is 1.35. The first kappa shape index (κ1) is 17.1. The van der Waals surface area contributed by atoms with Crippen molar-refractivity contribution in [3.63, 3.8) is 0 Å². The van der Waals surface area contributed by atoms with Gasteiger partial charge in [-0.3, -0.25) is 4.79 Å². The van der Waals surface area contributed by atoms with Crippen LogP contribution in [0.25, 0.3) is 0 Å². The minimum Gasteiger partial charge on any atom is -0.426 e. The Morgan fingerprint density at radius 2 is 1.62 bits per heavy atom. The number of rotatable bonds is 1. The number of ether oxygens (including phenoxy) is 1. The van der Waals surface area contributed by atoms with Crippen molar-refractivity contribution in [3.05, 3.63) is 29.8 Å². The van der Waals surface area contributed by atoms with Crippen LogP contribution < -0.4 is 4.74 Å². The van der Waals surface area contributed by atoms with Gasteiger partial charge in [-0.05, 0) is 18.6 Å². The molecule has 1 aromatic carbocycles. The number of hydrogen-bond donors (Lipinski definition) is 0. The molecule has 0 unspecified atom stereocenters. The van der Waals surface area contributed by atoms with Gasteiger partial charge in [0.1, 0.15) is 5.75 Å². The van der Waals surface area contributed by atoms with Crippen molar-refractivity contribution in [2.24, 2.45) is 0 Å². The zero-order chi connectivity index (χ0) is 13.0. The molecule has 2 nitrogen and oxygen atoms in total. The molecule has 0 radical (unpaired) electrons. The molecule has 0 saturated carbocycles. The Morgan fingerprint density at radius 1 is 1.19 bits per heavy atom. The summed E-state index contributed by atoms with van der Waals surface area (Å²) in [5.41, 5.74) is 0.975. The number of aryl methyl sites for hydroxylation is 1. The largest absolute Gasteiger partial charge is 0.426 e. The van der Waals surface area contributed by atoms with Crippen LogP contribution in [0.15, 0.2) is 24.3 Å². The van der Waals surface area contributed by atoms with E-state index in [0.717, 1.165) is 5.56 Å². The van der Waals surface area contributed by atoms with E-state index < -0.39 is 0 Å². The first-order valence-corrected chi connectivity index (χ1v) is 5.85. The second-order valence-corrected chi connectivity index (χ2v) is 3.07. The lowest BCUT2D eigenvalue weighted by Crippen LogP contribution is -2.02. The van der Waals surface area contributed by atoms with Crippen LogP contribution in [-0.2, 0) is 4.79 Å².